The first-order valence-electron chi connectivity index (χ1n) is 8.59. The molecule has 4 fully saturated rings. The van der Waals surface area contributed by atoms with Crippen molar-refractivity contribution in [3.8, 4) is 0 Å². The van der Waals surface area contributed by atoms with E-state index in [-0.39, 0.29) is 11.9 Å². The van der Waals surface area contributed by atoms with E-state index in [1.807, 2.05) is 4.90 Å². The van der Waals surface area contributed by atoms with Crippen molar-refractivity contribution in [2.75, 3.05) is 32.7 Å². The Labute approximate surface area is 131 Å². The molecule has 22 heavy (non-hydrogen) atoms. The van der Waals surface area contributed by atoms with Crippen molar-refractivity contribution in [2.45, 2.75) is 57.3 Å². The van der Waals surface area contributed by atoms with Crippen molar-refractivity contribution in [3.05, 3.63) is 0 Å². The van der Waals surface area contributed by atoms with E-state index in [9.17, 15) is 9.59 Å². The van der Waals surface area contributed by atoms with E-state index in [4.69, 9.17) is 9.47 Å². The van der Waals surface area contributed by atoms with Crippen LogP contribution < -0.4 is 0 Å². The van der Waals surface area contributed by atoms with Crippen molar-refractivity contribution in [3.63, 3.8) is 0 Å². The maximum atomic E-state index is 12.2. The smallest absolute Gasteiger partial charge is 0.333 e. The molecule has 4 aliphatic heterocycles. The van der Waals surface area contributed by atoms with Crippen LogP contribution in [0.2, 0.25) is 0 Å². The minimum Gasteiger partial charge on any atom is -0.407 e. The zero-order valence-electron chi connectivity index (χ0n) is 13.2. The fourth-order valence-electron chi connectivity index (χ4n) is 3.55. The van der Waals surface area contributed by atoms with Crippen LogP contribution in [0.4, 0.5) is 0 Å². The molecule has 0 atom stereocenters. The highest BCUT2D eigenvalue weighted by Crippen LogP contribution is 2.30. The molecule has 124 valence electrons. The molecule has 0 saturated carbocycles. The molecule has 2 bridgehead atoms. The molecule has 6 heteroatoms. The molecule has 4 aliphatic rings. The summed E-state index contributed by atoms with van der Waals surface area (Å²) in [4.78, 5) is 28.6. The lowest BCUT2D eigenvalue weighted by atomic mass is 10.1. The summed E-state index contributed by atoms with van der Waals surface area (Å²) in [6.07, 6.45) is 6.86. The third kappa shape index (κ3) is 3.60. The Hall–Kier alpha value is -1.14. The number of esters is 2. The second kappa shape index (κ2) is 6.96. The Morgan fingerprint density at radius 3 is 1.68 bits per heavy atom. The molecule has 0 aliphatic carbocycles. The van der Waals surface area contributed by atoms with Crippen LogP contribution in [-0.4, -0.2) is 60.4 Å². The monoisotopic (exact) mass is 310 g/mol. The number of carbonyl (C=O) groups excluding carboxylic acids is 2. The third-order valence-corrected chi connectivity index (χ3v) is 4.84. The van der Waals surface area contributed by atoms with E-state index in [0.29, 0.717) is 19.4 Å². The summed E-state index contributed by atoms with van der Waals surface area (Å²) in [5, 5.41) is 0. The molecule has 0 aromatic heterocycles. The first-order chi connectivity index (χ1) is 10.7. The van der Waals surface area contributed by atoms with Gasteiger partial charge in [-0.1, -0.05) is 25.7 Å². The highest BCUT2D eigenvalue weighted by atomic mass is 16.8. The van der Waals surface area contributed by atoms with Crippen LogP contribution in [0.5, 0.6) is 0 Å². The Balaban J connectivity index is 1.74. The van der Waals surface area contributed by atoms with Gasteiger partial charge in [0, 0.05) is 39.0 Å². The minimum atomic E-state index is -1.18. The van der Waals surface area contributed by atoms with Crippen LogP contribution in [0.25, 0.3) is 0 Å². The van der Waals surface area contributed by atoms with E-state index in [0.717, 1.165) is 64.7 Å². The quantitative estimate of drug-likeness (QED) is 0.632. The number of nitrogens with zero attached hydrogens (tertiary/aromatic N) is 2. The topological polar surface area (TPSA) is 59.1 Å². The number of piperazine rings is 3. The molecule has 4 saturated heterocycles. The Morgan fingerprint density at radius 1 is 0.727 bits per heavy atom. The van der Waals surface area contributed by atoms with Crippen LogP contribution in [0.1, 0.15) is 51.4 Å². The maximum absolute atomic E-state index is 12.2. The van der Waals surface area contributed by atoms with Gasteiger partial charge < -0.3 is 9.47 Å². The lowest BCUT2D eigenvalue weighted by molar-refractivity contribution is -0.319. The zero-order valence-corrected chi connectivity index (χ0v) is 13.2. The Kier molecular flexibility index (Phi) is 4.98. The Morgan fingerprint density at radius 2 is 1.23 bits per heavy atom. The van der Waals surface area contributed by atoms with Gasteiger partial charge in [-0.2, -0.15) is 0 Å². The van der Waals surface area contributed by atoms with Gasteiger partial charge in [-0.15, -0.1) is 0 Å². The number of carbonyl (C=O) groups is 2. The molecule has 0 unspecified atom stereocenters. The number of rotatable bonds is 0. The minimum absolute atomic E-state index is 0.249. The fraction of sp³-hybridized carbons (Fsp3) is 0.875. The molecule has 4 rings (SSSR count). The van der Waals surface area contributed by atoms with E-state index < -0.39 is 5.91 Å². The van der Waals surface area contributed by atoms with Gasteiger partial charge in [-0.3, -0.25) is 14.5 Å². The molecular formula is C16H26N2O4. The van der Waals surface area contributed by atoms with Gasteiger partial charge in [0.15, 0.2) is 0 Å². The van der Waals surface area contributed by atoms with E-state index >= 15 is 0 Å². The standard InChI is InChI=1S/C16H26N2O4/c19-14-7-5-3-1-2-4-6-8-15(20)22-16(21-14)13-17-9-11-18(16)12-10-17/h1-13H2. The molecule has 0 aromatic carbocycles. The van der Waals surface area contributed by atoms with Crippen molar-refractivity contribution in [1.29, 1.82) is 0 Å². The van der Waals surface area contributed by atoms with Gasteiger partial charge in [0.1, 0.15) is 0 Å². The van der Waals surface area contributed by atoms with Crippen LogP contribution in [-0.2, 0) is 19.1 Å². The predicted octanol–water partition coefficient (Wildman–Crippen LogP) is 1.49. The van der Waals surface area contributed by atoms with E-state index in [1.54, 1.807) is 0 Å². The van der Waals surface area contributed by atoms with Crippen molar-refractivity contribution in [2.24, 2.45) is 0 Å². The second-order valence-electron chi connectivity index (χ2n) is 6.55. The number of fused-ring (bicyclic) bond motifs is 2. The summed E-state index contributed by atoms with van der Waals surface area (Å²) in [7, 11) is 0. The van der Waals surface area contributed by atoms with Crippen LogP contribution in [0.15, 0.2) is 0 Å². The summed E-state index contributed by atoms with van der Waals surface area (Å²) in [6, 6.07) is 0. The highest BCUT2D eigenvalue weighted by Gasteiger charge is 2.51. The molecule has 1 spiro atoms. The van der Waals surface area contributed by atoms with Crippen LogP contribution >= 0.6 is 0 Å². The maximum Gasteiger partial charge on any atom is 0.333 e. The predicted molar refractivity (Wildman–Crippen MR) is 79.9 cm³/mol. The van der Waals surface area contributed by atoms with Crippen molar-refractivity contribution >= 4 is 11.9 Å². The normalized spacial score (nSPS) is 33.3. The zero-order chi connectivity index (χ0) is 15.4. The van der Waals surface area contributed by atoms with Crippen LogP contribution in [0, 0.1) is 0 Å². The molecule has 6 nitrogen and oxygen atoms in total. The number of ether oxygens (including phenoxy) is 2. The molecule has 0 N–H and O–H groups in total. The van der Waals surface area contributed by atoms with Gasteiger partial charge >= 0.3 is 17.8 Å². The van der Waals surface area contributed by atoms with Crippen LogP contribution in [0.3, 0.4) is 0 Å². The average molecular weight is 310 g/mol. The molecule has 0 amide bonds. The summed E-state index contributed by atoms with van der Waals surface area (Å²) < 4.78 is 11.4. The lowest BCUT2D eigenvalue weighted by Crippen LogP contribution is -2.71. The van der Waals surface area contributed by atoms with E-state index in [2.05, 4.69) is 4.90 Å². The van der Waals surface area contributed by atoms with E-state index in [1.165, 1.54) is 0 Å². The third-order valence-electron chi connectivity index (χ3n) is 4.84. The molecular weight excluding hydrogens is 284 g/mol. The summed E-state index contributed by atoms with van der Waals surface area (Å²) >= 11 is 0. The fourth-order valence-corrected chi connectivity index (χ4v) is 3.55. The largest absolute Gasteiger partial charge is 0.407 e. The number of hydrogen-bond donors (Lipinski definition) is 0. The summed E-state index contributed by atoms with van der Waals surface area (Å²) in [5.74, 6) is -1.68. The van der Waals surface area contributed by atoms with Gasteiger partial charge in [-0.05, 0) is 12.8 Å². The Bertz CT molecular complexity index is 394. The first-order valence-corrected chi connectivity index (χ1v) is 8.59. The number of hydrogen-bond acceptors (Lipinski definition) is 6. The molecule has 0 aromatic rings. The summed E-state index contributed by atoms with van der Waals surface area (Å²) in [5.41, 5.74) is 0. The van der Waals surface area contributed by atoms with Crippen molar-refractivity contribution < 1.29 is 19.1 Å². The van der Waals surface area contributed by atoms with Gasteiger partial charge in [0.05, 0.1) is 6.54 Å². The summed E-state index contributed by atoms with van der Waals surface area (Å²) in [6.45, 7) is 3.92. The average Bonchev–Trinajstić information content (AvgIpc) is 2.51. The molecule has 0 radical (unpaired) electrons. The highest BCUT2D eigenvalue weighted by molar-refractivity contribution is 5.72. The van der Waals surface area contributed by atoms with Crippen molar-refractivity contribution in [1.82, 2.24) is 9.80 Å². The van der Waals surface area contributed by atoms with Gasteiger partial charge in [-0.25, -0.2) is 4.90 Å². The molecule has 4 heterocycles. The van der Waals surface area contributed by atoms with Gasteiger partial charge in [0.2, 0.25) is 0 Å². The first kappa shape index (κ1) is 15.7. The SMILES string of the molecule is O=C1CCCCCCCCC(=O)OC2(CN3CCN2CC3)O1. The van der Waals surface area contributed by atoms with Gasteiger partial charge in [0.25, 0.3) is 0 Å². The second-order valence-corrected chi connectivity index (χ2v) is 6.55. The lowest BCUT2D eigenvalue weighted by Gasteiger charge is -2.52.